The van der Waals surface area contributed by atoms with E-state index in [1.165, 1.54) is 54.5 Å². The predicted molar refractivity (Wildman–Crippen MR) is 163 cm³/mol. The summed E-state index contributed by atoms with van der Waals surface area (Å²) in [5.41, 5.74) is -0.737. The first-order chi connectivity index (χ1) is 22.0. The number of nitriles is 1. The maximum Gasteiger partial charge on any atom is 0.407 e. The van der Waals surface area contributed by atoms with Crippen molar-refractivity contribution in [3.05, 3.63) is 64.7 Å². The summed E-state index contributed by atoms with van der Waals surface area (Å²) in [5.74, 6) is -1.43. The van der Waals surface area contributed by atoms with E-state index in [0.717, 1.165) is 16.4 Å². The fourth-order valence-corrected chi connectivity index (χ4v) is 5.62. The van der Waals surface area contributed by atoms with Crippen molar-refractivity contribution in [3.63, 3.8) is 0 Å². The van der Waals surface area contributed by atoms with Gasteiger partial charge in [-0.2, -0.15) is 18.0 Å². The van der Waals surface area contributed by atoms with Crippen molar-refractivity contribution in [1.29, 1.82) is 5.26 Å². The normalized spacial score (nSPS) is 13.5. The Morgan fingerprint density at radius 3 is 2.43 bits per heavy atom. The monoisotopic (exact) mass is 653 g/mol. The smallest absolute Gasteiger partial charge is 0.407 e. The number of piperazine rings is 1. The first-order valence-corrected chi connectivity index (χ1v) is 15.2. The Balaban J connectivity index is 1.50. The Morgan fingerprint density at radius 1 is 1.13 bits per heavy atom. The number of aromatic nitrogens is 4. The van der Waals surface area contributed by atoms with E-state index in [-0.39, 0.29) is 40.3 Å². The number of anilines is 2. The lowest BCUT2D eigenvalue weighted by Gasteiger charge is -2.33. The molecule has 1 aliphatic rings. The van der Waals surface area contributed by atoms with Crippen molar-refractivity contribution in [3.8, 4) is 29.0 Å². The molecule has 3 heterocycles. The van der Waals surface area contributed by atoms with Gasteiger partial charge in [0, 0.05) is 39.8 Å². The van der Waals surface area contributed by atoms with Gasteiger partial charge in [0.1, 0.15) is 23.3 Å². The molecule has 240 valence electrons. The van der Waals surface area contributed by atoms with Gasteiger partial charge in [0.15, 0.2) is 23.1 Å². The summed E-state index contributed by atoms with van der Waals surface area (Å²) in [5, 5.41) is 19.0. The van der Waals surface area contributed by atoms with Crippen molar-refractivity contribution in [1.82, 2.24) is 28.7 Å². The van der Waals surface area contributed by atoms with Crippen LogP contribution in [0.1, 0.15) is 12.5 Å². The lowest BCUT2D eigenvalue weighted by Crippen LogP contribution is -2.48. The molecule has 1 fully saturated rings. The topological polar surface area (TPSA) is 196 Å². The maximum atomic E-state index is 15.1. The molecule has 2 aromatic carbocycles. The van der Waals surface area contributed by atoms with Gasteiger partial charge in [-0.3, -0.25) is 14.1 Å². The molecule has 0 unspecified atom stereocenters. The van der Waals surface area contributed by atoms with Crippen molar-refractivity contribution in [2.24, 2.45) is 0 Å². The van der Waals surface area contributed by atoms with Crippen LogP contribution in [0.4, 0.5) is 20.8 Å². The Morgan fingerprint density at radius 2 is 1.83 bits per heavy atom. The Bertz CT molecular complexity index is 2010. The predicted octanol–water partition coefficient (Wildman–Crippen LogP) is 2.40. The number of carboxylic acid groups (broad SMARTS) is 1. The van der Waals surface area contributed by atoms with E-state index in [0.29, 0.717) is 32.1 Å². The van der Waals surface area contributed by atoms with Crippen LogP contribution < -0.4 is 24.7 Å². The third kappa shape index (κ3) is 6.05. The Hall–Kier alpha value is -5.54. The second-order valence-electron chi connectivity index (χ2n) is 9.94. The second-order valence-corrected chi connectivity index (χ2v) is 11.7. The lowest BCUT2D eigenvalue weighted by atomic mass is 10.1. The molecule has 0 aliphatic carbocycles. The first-order valence-electron chi connectivity index (χ1n) is 13.8. The largest absolute Gasteiger partial charge is 0.492 e. The third-order valence-corrected chi connectivity index (χ3v) is 8.87. The highest BCUT2D eigenvalue weighted by Gasteiger charge is 2.25. The van der Waals surface area contributed by atoms with Crippen LogP contribution >= 0.6 is 0 Å². The van der Waals surface area contributed by atoms with E-state index in [9.17, 15) is 23.3 Å². The summed E-state index contributed by atoms with van der Waals surface area (Å²) in [6.07, 6.45) is 3.13. The van der Waals surface area contributed by atoms with Gasteiger partial charge in [0.25, 0.3) is 5.56 Å². The van der Waals surface area contributed by atoms with Crippen LogP contribution in [-0.4, -0.2) is 95.2 Å². The minimum atomic E-state index is -4.05. The molecule has 1 saturated heterocycles. The average Bonchev–Trinajstić information content (AvgIpc) is 3.06. The molecular weight excluding hydrogens is 625 g/mol. The van der Waals surface area contributed by atoms with E-state index in [1.807, 2.05) is 4.90 Å². The summed E-state index contributed by atoms with van der Waals surface area (Å²) < 4.78 is 56.0. The quantitative estimate of drug-likeness (QED) is 0.268. The minimum absolute atomic E-state index is 0.0308. The number of nitrogens with one attached hydrogen (secondary N) is 1. The maximum absolute atomic E-state index is 15.1. The summed E-state index contributed by atoms with van der Waals surface area (Å²) >= 11 is 0. The number of hydrogen-bond donors (Lipinski definition) is 2. The SMILES string of the molecule is CCN(C)S(=O)(=O)Nc1ccc(F)c(Oc2ccc3ncn(-c4cnc(N5CCN(C(=O)O)CC5)nc4)c(=O)c3c2OC)c1C#N. The summed E-state index contributed by atoms with van der Waals surface area (Å²) in [7, 11) is -1.44. The van der Waals surface area contributed by atoms with Crippen molar-refractivity contribution < 1.29 is 32.2 Å². The molecule has 2 N–H and O–H groups in total. The zero-order chi connectivity index (χ0) is 33.2. The van der Waals surface area contributed by atoms with Crippen LogP contribution in [0.3, 0.4) is 0 Å². The zero-order valence-electron chi connectivity index (χ0n) is 24.8. The number of nitrogens with zero attached hydrogens (tertiary/aromatic N) is 8. The molecular formula is C28H28FN9O7S. The molecule has 1 amide bonds. The van der Waals surface area contributed by atoms with E-state index in [4.69, 9.17) is 14.6 Å². The van der Waals surface area contributed by atoms with Crippen molar-refractivity contribution in [2.75, 3.05) is 56.5 Å². The standard InChI is InChI=1S/C28H28FN9O7S/c1-4-35(2)46(42,43)34-20-6-5-19(29)24(18(20)13-30)45-22-8-7-21-23(25(22)44-3)26(39)38(16-33-21)17-14-31-27(32-15-17)36-9-11-37(12-10-36)28(40)41/h5-8,14-16,34H,4,9-12H2,1-3H3,(H,40,41). The molecule has 0 bridgehead atoms. The molecule has 16 nitrogen and oxygen atoms in total. The zero-order valence-corrected chi connectivity index (χ0v) is 25.7. The molecule has 0 radical (unpaired) electrons. The number of fused-ring (bicyclic) bond motifs is 1. The molecule has 18 heteroatoms. The molecule has 0 saturated carbocycles. The van der Waals surface area contributed by atoms with Gasteiger partial charge >= 0.3 is 16.3 Å². The Kier molecular flexibility index (Phi) is 8.89. The molecule has 4 aromatic rings. The highest BCUT2D eigenvalue weighted by atomic mass is 32.2. The van der Waals surface area contributed by atoms with E-state index in [2.05, 4.69) is 19.7 Å². The van der Waals surface area contributed by atoms with Gasteiger partial charge in [0.05, 0.1) is 36.4 Å². The van der Waals surface area contributed by atoms with E-state index < -0.39 is 39.0 Å². The molecule has 2 aromatic heterocycles. The van der Waals surface area contributed by atoms with Gasteiger partial charge in [0.2, 0.25) is 5.95 Å². The van der Waals surface area contributed by atoms with Crippen molar-refractivity contribution >= 4 is 38.8 Å². The Labute approximate surface area is 262 Å². The summed E-state index contributed by atoms with van der Waals surface area (Å²) in [4.78, 5) is 41.1. The van der Waals surface area contributed by atoms with E-state index >= 15 is 4.39 Å². The number of halogens is 1. The number of hydrogen-bond acceptors (Lipinski definition) is 11. The first kappa shape index (κ1) is 31.9. The molecule has 0 spiro atoms. The van der Waals surface area contributed by atoms with Crippen molar-refractivity contribution in [2.45, 2.75) is 6.92 Å². The molecule has 0 atom stereocenters. The highest BCUT2D eigenvalue weighted by Crippen LogP contribution is 2.40. The number of methoxy groups -OCH3 is 1. The minimum Gasteiger partial charge on any atom is -0.492 e. The lowest BCUT2D eigenvalue weighted by molar-refractivity contribution is 0.142. The van der Waals surface area contributed by atoms with Crippen LogP contribution in [-0.2, 0) is 10.2 Å². The van der Waals surface area contributed by atoms with Crippen LogP contribution in [0.25, 0.3) is 16.6 Å². The van der Waals surface area contributed by atoms with Crippen LogP contribution in [0, 0.1) is 17.1 Å². The van der Waals surface area contributed by atoms with Crippen LogP contribution in [0.2, 0.25) is 0 Å². The fraction of sp³-hybridized carbons (Fsp3) is 0.286. The average molecular weight is 654 g/mol. The number of ether oxygens (including phenoxy) is 2. The molecule has 46 heavy (non-hydrogen) atoms. The second kappa shape index (κ2) is 12.8. The number of carbonyl (C=O) groups is 1. The highest BCUT2D eigenvalue weighted by molar-refractivity contribution is 7.90. The van der Waals surface area contributed by atoms with Gasteiger partial charge in [-0.05, 0) is 24.3 Å². The number of rotatable bonds is 9. The fourth-order valence-electron chi connectivity index (χ4n) is 4.68. The number of amides is 1. The molecule has 1 aliphatic heterocycles. The van der Waals surface area contributed by atoms with Gasteiger partial charge in [-0.15, -0.1) is 0 Å². The molecule has 5 rings (SSSR count). The third-order valence-electron chi connectivity index (χ3n) is 7.31. The number of benzene rings is 2. The van der Waals surface area contributed by atoms with Gasteiger partial charge < -0.3 is 24.4 Å². The van der Waals surface area contributed by atoms with Gasteiger partial charge in [-0.25, -0.2) is 24.1 Å². The van der Waals surface area contributed by atoms with E-state index in [1.54, 1.807) is 13.0 Å². The van der Waals surface area contributed by atoms with Gasteiger partial charge in [-0.1, -0.05) is 6.92 Å². The van der Waals surface area contributed by atoms with Crippen LogP contribution in [0.5, 0.6) is 17.2 Å². The van der Waals surface area contributed by atoms with Crippen LogP contribution in [0.15, 0.2) is 47.8 Å². The summed E-state index contributed by atoms with van der Waals surface area (Å²) in [6, 6.07) is 6.65. The summed E-state index contributed by atoms with van der Waals surface area (Å²) in [6.45, 7) is 3.17.